The highest BCUT2D eigenvalue weighted by atomic mass is 32.2. The number of hydroxylamine groups is 1. The second-order valence-corrected chi connectivity index (χ2v) is 7.06. The quantitative estimate of drug-likeness (QED) is 0.620. The van der Waals surface area contributed by atoms with Crippen molar-refractivity contribution in [1.29, 1.82) is 0 Å². The second-order valence-electron chi connectivity index (χ2n) is 5.51. The fourth-order valence-electron chi connectivity index (χ4n) is 2.50. The van der Waals surface area contributed by atoms with E-state index in [9.17, 15) is 8.42 Å². The molecule has 0 bridgehead atoms. The zero-order valence-corrected chi connectivity index (χ0v) is 15.5. The summed E-state index contributed by atoms with van der Waals surface area (Å²) in [5.74, 6) is 0.870. The Kier molecular flexibility index (Phi) is 5.36. The van der Waals surface area contributed by atoms with Gasteiger partial charge in [0.05, 0.1) is 12.0 Å². The molecule has 0 fully saturated rings. The minimum absolute atomic E-state index is 0.0450. The van der Waals surface area contributed by atoms with Gasteiger partial charge in [0.15, 0.2) is 0 Å². The van der Waals surface area contributed by atoms with Gasteiger partial charge in [-0.05, 0) is 29.8 Å². The molecule has 0 amide bonds. The molecule has 3 N–H and O–H groups in total. The Morgan fingerprint density at radius 1 is 0.963 bits per heavy atom. The van der Waals surface area contributed by atoms with E-state index in [0.717, 1.165) is 22.3 Å². The molecular weight excluding hydrogens is 368 g/mol. The van der Waals surface area contributed by atoms with Gasteiger partial charge in [-0.1, -0.05) is 12.1 Å². The van der Waals surface area contributed by atoms with E-state index < -0.39 is 10.1 Å². The highest BCUT2D eigenvalue weighted by Gasteiger charge is 2.15. The van der Waals surface area contributed by atoms with Crippen molar-refractivity contribution < 1.29 is 17.4 Å². The average Bonchev–Trinajstić information content (AvgIpc) is 2.68. The first-order valence-electron chi connectivity index (χ1n) is 7.91. The molecule has 2 heterocycles. The Morgan fingerprint density at radius 3 is 2.22 bits per heavy atom. The van der Waals surface area contributed by atoms with Crippen molar-refractivity contribution in [3.05, 3.63) is 54.9 Å². The van der Waals surface area contributed by atoms with Crippen molar-refractivity contribution in [2.45, 2.75) is 4.90 Å². The largest absolute Gasteiger partial charge is 0.481 e. The number of methoxy groups -OCH3 is 1. The molecule has 0 unspecified atom stereocenters. The van der Waals surface area contributed by atoms with Crippen LogP contribution in [0.25, 0.3) is 22.3 Å². The summed E-state index contributed by atoms with van der Waals surface area (Å²) >= 11 is 0. The molecule has 0 radical (unpaired) electrons. The van der Waals surface area contributed by atoms with Crippen LogP contribution in [0.15, 0.2) is 59.8 Å². The van der Waals surface area contributed by atoms with Gasteiger partial charge >= 0.3 is 10.1 Å². The van der Waals surface area contributed by atoms with Crippen molar-refractivity contribution in [2.24, 2.45) is 0 Å². The van der Waals surface area contributed by atoms with Crippen LogP contribution in [0.4, 0.5) is 5.82 Å². The van der Waals surface area contributed by atoms with Crippen LogP contribution in [0.5, 0.6) is 5.88 Å². The van der Waals surface area contributed by atoms with Gasteiger partial charge in [0.25, 0.3) is 0 Å². The fourth-order valence-corrected chi connectivity index (χ4v) is 3.28. The van der Waals surface area contributed by atoms with Gasteiger partial charge in [-0.15, -0.1) is 0 Å². The first kappa shape index (κ1) is 18.8. The molecule has 140 valence electrons. The Morgan fingerprint density at radius 2 is 1.63 bits per heavy atom. The van der Waals surface area contributed by atoms with Crippen LogP contribution in [0.2, 0.25) is 0 Å². The molecule has 0 atom stereocenters. The van der Waals surface area contributed by atoms with E-state index in [-0.39, 0.29) is 4.90 Å². The zero-order chi connectivity index (χ0) is 19.4. The van der Waals surface area contributed by atoms with Crippen LogP contribution in [-0.2, 0) is 14.4 Å². The standard InChI is InChI=1S/C18H18N4O4S/c1-20-26-27(23,24)15-6-3-12(4-7-15)14-9-16(18(19)22-11-14)13-5-8-17(25-2)21-10-13/h3-11,20H,1-2H3,(H2,19,22). The molecule has 2 aromatic heterocycles. The van der Waals surface area contributed by atoms with E-state index in [2.05, 4.69) is 19.7 Å². The third-order valence-corrected chi connectivity index (χ3v) is 5.08. The van der Waals surface area contributed by atoms with Gasteiger partial charge in [0, 0.05) is 42.2 Å². The van der Waals surface area contributed by atoms with Crippen LogP contribution in [0, 0.1) is 0 Å². The maximum absolute atomic E-state index is 11.9. The molecule has 0 aliphatic heterocycles. The van der Waals surface area contributed by atoms with E-state index in [1.165, 1.54) is 19.2 Å². The molecule has 0 aliphatic rings. The summed E-state index contributed by atoms with van der Waals surface area (Å²) in [6.45, 7) is 0. The predicted molar refractivity (Wildman–Crippen MR) is 101 cm³/mol. The van der Waals surface area contributed by atoms with Gasteiger partial charge in [-0.3, -0.25) is 0 Å². The molecule has 0 spiro atoms. The van der Waals surface area contributed by atoms with Crippen LogP contribution in [-0.4, -0.2) is 32.5 Å². The second kappa shape index (κ2) is 7.70. The number of hydrogen-bond acceptors (Lipinski definition) is 8. The van der Waals surface area contributed by atoms with Gasteiger partial charge in [-0.2, -0.15) is 18.2 Å². The summed E-state index contributed by atoms with van der Waals surface area (Å²) in [6, 6.07) is 11.7. The predicted octanol–water partition coefficient (Wildman–Crippen LogP) is 2.24. The minimum atomic E-state index is -3.84. The summed E-state index contributed by atoms with van der Waals surface area (Å²) in [4.78, 5) is 8.47. The van der Waals surface area contributed by atoms with Crippen molar-refractivity contribution in [3.63, 3.8) is 0 Å². The van der Waals surface area contributed by atoms with Crippen LogP contribution in [0.3, 0.4) is 0 Å². The van der Waals surface area contributed by atoms with E-state index in [1.54, 1.807) is 37.7 Å². The highest BCUT2D eigenvalue weighted by molar-refractivity contribution is 7.86. The van der Waals surface area contributed by atoms with Crippen molar-refractivity contribution in [2.75, 3.05) is 19.9 Å². The van der Waals surface area contributed by atoms with Gasteiger partial charge in [0.1, 0.15) is 5.82 Å². The van der Waals surface area contributed by atoms with E-state index in [1.807, 2.05) is 12.1 Å². The smallest absolute Gasteiger partial charge is 0.312 e. The summed E-state index contributed by atoms with van der Waals surface area (Å²) in [6.07, 6.45) is 3.28. The Bertz CT molecular complexity index is 1040. The number of hydrogen-bond donors (Lipinski definition) is 2. The number of pyridine rings is 2. The number of aromatic nitrogens is 2. The number of nitrogens with one attached hydrogen (secondary N) is 1. The van der Waals surface area contributed by atoms with Crippen LogP contribution >= 0.6 is 0 Å². The molecule has 0 saturated carbocycles. The molecule has 8 nitrogen and oxygen atoms in total. The first-order chi connectivity index (χ1) is 12.9. The molecular formula is C18H18N4O4S. The molecule has 3 rings (SSSR count). The SMILES string of the molecule is CNOS(=O)(=O)c1ccc(-c2cnc(N)c(-c3ccc(OC)nc3)c2)cc1. The molecule has 27 heavy (non-hydrogen) atoms. The Hall–Kier alpha value is -3.01. The monoisotopic (exact) mass is 386 g/mol. The topological polar surface area (TPSA) is 116 Å². The van der Waals surface area contributed by atoms with Gasteiger partial charge in [-0.25, -0.2) is 9.97 Å². The number of nitrogen functional groups attached to an aromatic ring is 1. The van der Waals surface area contributed by atoms with E-state index in [4.69, 9.17) is 10.5 Å². The number of rotatable bonds is 6. The third kappa shape index (κ3) is 4.05. The summed E-state index contributed by atoms with van der Waals surface area (Å²) < 4.78 is 33.4. The van der Waals surface area contributed by atoms with Crippen LogP contribution < -0.4 is 16.0 Å². The molecule has 0 aliphatic carbocycles. The lowest BCUT2D eigenvalue weighted by Gasteiger charge is -2.09. The van der Waals surface area contributed by atoms with Crippen molar-refractivity contribution in [3.8, 4) is 28.1 Å². The van der Waals surface area contributed by atoms with E-state index in [0.29, 0.717) is 11.7 Å². The number of nitrogens with two attached hydrogens (primary N) is 1. The molecule has 1 aromatic carbocycles. The first-order valence-corrected chi connectivity index (χ1v) is 9.32. The number of anilines is 1. The lowest BCUT2D eigenvalue weighted by molar-refractivity contribution is 0.231. The summed E-state index contributed by atoms with van der Waals surface area (Å²) in [5, 5.41) is 0. The van der Waals surface area contributed by atoms with Gasteiger partial charge in [0.2, 0.25) is 5.88 Å². The number of benzene rings is 1. The van der Waals surface area contributed by atoms with Crippen LogP contribution in [0.1, 0.15) is 0 Å². The average molecular weight is 386 g/mol. The fraction of sp³-hybridized carbons (Fsp3) is 0.111. The molecule has 3 aromatic rings. The molecule has 0 saturated heterocycles. The van der Waals surface area contributed by atoms with Gasteiger partial charge < -0.3 is 10.5 Å². The lowest BCUT2D eigenvalue weighted by atomic mass is 10.0. The maximum atomic E-state index is 11.9. The zero-order valence-electron chi connectivity index (χ0n) is 14.7. The van der Waals surface area contributed by atoms with E-state index >= 15 is 0 Å². The number of nitrogens with zero attached hydrogens (tertiary/aromatic N) is 2. The normalized spacial score (nSPS) is 11.3. The summed E-state index contributed by atoms with van der Waals surface area (Å²) in [5.41, 5.74) is 11.3. The summed E-state index contributed by atoms with van der Waals surface area (Å²) in [7, 11) is -0.918. The van der Waals surface area contributed by atoms with Crippen molar-refractivity contribution in [1.82, 2.24) is 15.4 Å². The third-order valence-electron chi connectivity index (χ3n) is 3.84. The Labute approximate surface area is 157 Å². The maximum Gasteiger partial charge on any atom is 0.312 e. The minimum Gasteiger partial charge on any atom is -0.481 e. The Balaban J connectivity index is 1.96. The molecule has 9 heteroatoms. The lowest BCUT2D eigenvalue weighted by Crippen LogP contribution is -2.15. The number of ether oxygens (including phenoxy) is 1. The highest BCUT2D eigenvalue weighted by Crippen LogP contribution is 2.30. The van der Waals surface area contributed by atoms with Crippen molar-refractivity contribution >= 4 is 15.9 Å².